The summed E-state index contributed by atoms with van der Waals surface area (Å²) in [4.78, 5) is 19.8. The van der Waals surface area contributed by atoms with Gasteiger partial charge in [0.1, 0.15) is 6.10 Å². The summed E-state index contributed by atoms with van der Waals surface area (Å²) in [5.74, 6) is 1.96. The van der Waals surface area contributed by atoms with E-state index in [2.05, 4.69) is 58.3 Å². The lowest BCUT2D eigenvalue weighted by Gasteiger charge is -2.64. The summed E-state index contributed by atoms with van der Waals surface area (Å²) in [7, 11) is 1.82. The summed E-state index contributed by atoms with van der Waals surface area (Å²) < 4.78 is 32.1. The molecule has 4 saturated heterocycles. The number of carbonyl (C=O) groups excluding carboxylic acids is 1. The topological polar surface area (TPSA) is 93.2 Å². The van der Waals surface area contributed by atoms with E-state index in [-0.39, 0.29) is 59.0 Å². The van der Waals surface area contributed by atoms with Crippen molar-refractivity contribution in [3.63, 3.8) is 0 Å². The highest BCUT2D eigenvalue weighted by atomic mass is 16.7. The number of hydrogen-bond donors (Lipinski definition) is 1. The molecule has 14 unspecified atom stereocenters. The zero-order valence-corrected chi connectivity index (χ0v) is 34.9. The maximum Gasteiger partial charge on any atom is 0.410 e. The predicted molar refractivity (Wildman–Crippen MR) is 206 cm³/mol. The van der Waals surface area contributed by atoms with Gasteiger partial charge in [-0.1, -0.05) is 48.5 Å². The van der Waals surface area contributed by atoms with Gasteiger partial charge in [0.2, 0.25) is 0 Å². The van der Waals surface area contributed by atoms with E-state index in [0.717, 1.165) is 84.6 Å². The highest BCUT2D eigenvalue weighted by Gasteiger charge is 2.84. The van der Waals surface area contributed by atoms with Crippen LogP contribution in [-0.2, 0) is 23.7 Å². The van der Waals surface area contributed by atoms with Gasteiger partial charge in [0.25, 0.3) is 0 Å². The Labute approximate surface area is 325 Å². The number of carbonyl (C=O) groups is 1. The van der Waals surface area contributed by atoms with Crippen molar-refractivity contribution in [1.29, 1.82) is 0 Å². The predicted octanol–water partition coefficient (Wildman–Crippen LogP) is 6.04. The number of hydrogen-bond acceptors (Lipinski definition) is 9. The lowest BCUT2D eigenvalue weighted by atomic mass is 9.41. The van der Waals surface area contributed by atoms with Crippen LogP contribution in [0.4, 0.5) is 4.79 Å². The molecule has 0 aromatic carbocycles. The number of rotatable bonds is 9. The molecule has 0 bridgehead atoms. The Bertz CT molecular complexity index is 1420. The monoisotopic (exact) mass is 756 g/mol. The van der Waals surface area contributed by atoms with E-state index in [1.807, 2.05) is 7.11 Å². The molecule has 4 aliphatic heterocycles. The van der Waals surface area contributed by atoms with Crippen LogP contribution >= 0.6 is 0 Å². The number of amides is 1. The first kappa shape index (κ1) is 38.5. The first-order chi connectivity index (χ1) is 25.7. The average Bonchev–Trinajstić information content (AvgIpc) is 3.72. The van der Waals surface area contributed by atoms with Crippen LogP contribution in [0.1, 0.15) is 106 Å². The van der Waals surface area contributed by atoms with Crippen molar-refractivity contribution in [2.24, 2.45) is 56.7 Å². The molecule has 9 rings (SSSR count). The average molecular weight is 756 g/mol. The molecule has 0 radical (unpaired) electrons. The lowest BCUT2D eigenvalue weighted by Crippen LogP contribution is -2.60. The van der Waals surface area contributed by atoms with Crippen LogP contribution in [0.25, 0.3) is 0 Å². The van der Waals surface area contributed by atoms with Gasteiger partial charge in [0, 0.05) is 64.9 Å². The first-order valence-corrected chi connectivity index (χ1v) is 22.2. The molecule has 306 valence electrons. The number of nitrogens with zero attached hydrogens (tertiary/aromatic N) is 3. The Balaban J connectivity index is 0.885. The van der Waals surface area contributed by atoms with E-state index in [0.29, 0.717) is 40.6 Å². The molecule has 4 heterocycles. The van der Waals surface area contributed by atoms with Crippen LogP contribution in [0.5, 0.6) is 0 Å². The third kappa shape index (κ3) is 5.52. The summed E-state index contributed by atoms with van der Waals surface area (Å²) in [5.41, 5.74) is 0.511. The fourth-order valence-corrected chi connectivity index (χ4v) is 15.4. The maximum absolute atomic E-state index is 13.0. The van der Waals surface area contributed by atoms with Crippen molar-refractivity contribution in [1.82, 2.24) is 14.7 Å². The summed E-state index contributed by atoms with van der Waals surface area (Å²) in [6.07, 6.45) is 9.42. The van der Waals surface area contributed by atoms with E-state index in [9.17, 15) is 9.90 Å². The van der Waals surface area contributed by atoms with E-state index < -0.39 is 6.10 Å². The zero-order valence-electron chi connectivity index (χ0n) is 34.9. The highest BCUT2D eigenvalue weighted by molar-refractivity contribution is 5.68. The van der Waals surface area contributed by atoms with Crippen molar-refractivity contribution in [3.05, 3.63) is 0 Å². The van der Waals surface area contributed by atoms with Crippen LogP contribution in [0.2, 0.25) is 0 Å². The van der Waals surface area contributed by atoms with Crippen LogP contribution in [0.3, 0.4) is 0 Å². The molecular formula is C44H73N3O7. The quantitative estimate of drug-likeness (QED) is 0.303. The first-order valence-electron chi connectivity index (χ1n) is 22.2. The van der Waals surface area contributed by atoms with Gasteiger partial charge in [-0.15, -0.1) is 0 Å². The summed E-state index contributed by atoms with van der Waals surface area (Å²) in [6.45, 7) is 25.1. The second-order valence-electron chi connectivity index (χ2n) is 21.3. The van der Waals surface area contributed by atoms with E-state index >= 15 is 0 Å². The molecule has 54 heavy (non-hydrogen) atoms. The largest absolute Gasteiger partial charge is 0.443 e. The second-order valence-corrected chi connectivity index (χ2v) is 21.3. The van der Waals surface area contributed by atoms with E-state index in [1.54, 1.807) is 4.90 Å². The van der Waals surface area contributed by atoms with Crippen LogP contribution in [0.15, 0.2) is 0 Å². The molecule has 5 saturated carbocycles. The minimum Gasteiger partial charge on any atom is -0.443 e. The van der Waals surface area contributed by atoms with Gasteiger partial charge in [-0.25, -0.2) is 4.79 Å². The van der Waals surface area contributed by atoms with Crippen LogP contribution in [0, 0.1) is 56.7 Å². The van der Waals surface area contributed by atoms with Gasteiger partial charge >= 0.3 is 6.09 Å². The number of methoxy groups -OCH3 is 1. The van der Waals surface area contributed by atoms with Gasteiger partial charge in [-0.05, 0) is 109 Å². The summed E-state index contributed by atoms with van der Waals surface area (Å²) >= 11 is 0. The molecule has 14 atom stereocenters. The molecule has 5 aliphatic carbocycles. The minimum absolute atomic E-state index is 0.0107. The summed E-state index contributed by atoms with van der Waals surface area (Å²) in [6, 6.07) is 0. The number of morpholine rings is 1. The third-order valence-electron chi connectivity index (χ3n) is 18.6. The lowest BCUT2D eigenvalue weighted by molar-refractivity contribution is -0.249. The standard InChI is InChI=1S/C44H73N3O7/c1-27(2)36(54-39(49)47-16-9-17-47)30-22-28(3)35-37(52-30)38(48)42(7)32-11-10-31-40(4,5)33(12-13-43(31)26-44(32,43)15-14-41(35,42)6)53-34-25-45(20-21-51-34)18-19-46-23-29(24-46)50-8/h27-38,48H,9-26H2,1-8H3. The number of aliphatic hydroxyl groups is 1. The molecule has 1 N–H and O–H groups in total. The number of ether oxygens (including phenoxy) is 5. The Morgan fingerprint density at radius 3 is 2.35 bits per heavy atom. The smallest absolute Gasteiger partial charge is 0.410 e. The molecule has 10 nitrogen and oxygen atoms in total. The van der Waals surface area contributed by atoms with Crippen molar-refractivity contribution in [3.8, 4) is 0 Å². The number of likely N-dealkylation sites (tertiary alicyclic amines) is 2. The zero-order chi connectivity index (χ0) is 38.0. The van der Waals surface area contributed by atoms with Gasteiger partial charge in [0.05, 0.1) is 37.1 Å². The number of aliphatic hydroxyl groups excluding tert-OH is 1. The Kier molecular flexibility index (Phi) is 9.64. The Morgan fingerprint density at radius 1 is 0.926 bits per heavy atom. The molecule has 2 spiro atoms. The fourth-order valence-electron chi connectivity index (χ4n) is 15.4. The van der Waals surface area contributed by atoms with Gasteiger partial charge in [0.15, 0.2) is 6.29 Å². The van der Waals surface area contributed by atoms with Gasteiger partial charge in [-0.3, -0.25) is 9.80 Å². The highest BCUT2D eigenvalue weighted by Crippen LogP contribution is 2.89. The van der Waals surface area contributed by atoms with Crippen LogP contribution in [-0.4, -0.2) is 135 Å². The molecular weight excluding hydrogens is 682 g/mol. The molecule has 0 aromatic heterocycles. The van der Waals surface area contributed by atoms with Crippen molar-refractivity contribution in [2.75, 3.05) is 66.1 Å². The molecule has 1 amide bonds. The molecule has 0 aromatic rings. The molecule has 9 fully saturated rings. The fraction of sp³-hybridized carbons (Fsp3) is 0.977. The Hall–Kier alpha value is -1.01. The van der Waals surface area contributed by atoms with Gasteiger partial charge in [-0.2, -0.15) is 0 Å². The Morgan fingerprint density at radius 2 is 1.65 bits per heavy atom. The molecule has 9 aliphatic rings. The van der Waals surface area contributed by atoms with Crippen molar-refractivity contribution >= 4 is 6.09 Å². The SMILES string of the molecule is COC1CN(CCN2CCOC(OC3CCC45CC46CCC4(C)C7C(C)CC(C(OC(=O)N8CCC8)C(C)C)OC7C(O)C4(C)C6CCC5C3(C)C)C2)C1. The maximum atomic E-state index is 13.0. The second kappa shape index (κ2) is 13.5. The third-order valence-corrected chi connectivity index (χ3v) is 18.6. The van der Waals surface area contributed by atoms with E-state index in [1.165, 1.54) is 32.1 Å². The summed E-state index contributed by atoms with van der Waals surface area (Å²) in [5, 5.41) is 12.8. The minimum atomic E-state index is -0.519. The van der Waals surface area contributed by atoms with Crippen LogP contribution < -0.4 is 0 Å². The van der Waals surface area contributed by atoms with E-state index in [4.69, 9.17) is 23.7 Å². The van der Waals surface area contributed by atoms with Gasteiger partial charge < -0.3 is 33.7 Å². The van der Waals surface area contributed by atoms with Crippen molar-refractivity contribution in [2.45, 2.75) is 149 Å². The normalized spacial score (nSPS) is 49.1. The molecule has 10 heteroatoms. The van der Waals surface area contributed by atoms with Crippen molar-refractivity contribution < 1.29 is 33.6 Å². The number of fused-ring (bicyclic) bond motifs is 4.